The molecule has 2 rings (SSSR count). The molecule has 1 saturated heterocycles. The summed E-state index contributed by atoms with van der Waals surface area (Å²) < 4.78 is 28.3. The normalized spacial score (nSPS) is 20.0. The Morgan fingerprint density at radius 1 is 1.43 bits per heavy atom. The Morgan fingerprint density at radius 3 is 2.57 bits per heavy atom. The summed E-state index contributed by atoms with van der Waals surface area (Å²) in [7, 11) is -1.29. The van der Waals surface area contributed by atoms with Crippen LogP contribution >= 0.6 is 12.2 Å². The predicted molar refractivity (Wildman–Crippen MR) is 88.7 cm³/mol. The first kappa shape index (κ1) is 16.0. The lowest BCUT2D eigenvalue weighted by atomic mass is 10.2. The van der Waals surface area contributed by atoms with Crippen LogP contribution in [0.1, 0.15) is 13.3 Å². The van der Waals surface area contributed by atoms with Crippen LogP contribution in [0.15, 0.2) is 24.3 Å². The number of hydrogen-bond acceptors (Lipinski definition) is 4. The third-order valence-electron chi connectivity index (χ3n) is 3.59. The van der Waals surface area contributed by atoms with Gasteiger partial charge in [-0.2, -0.15) is 0 Å². The van der Waals surface area contributed by atoms with E-state index in [-0.39, 0.29) is 17.5 Å². The van der Waals surface area contributed by atoms with E-state index >= 15 is 0 Å². The molecule has 0 aliphatic carbocycles. The lowest BCUT2D eigenvalue weighted by Gasteiger charge is -2.29. The number of nitrogens with zero attached hydrogens (tertiary/aromatic N) is 1. The van der Waals surface area contributed by atoms with E-state index < -0.39 is 9.84 Å². The van der Waals surface area contributed by atoms with Gasteiger partial charge in [0.05, 0.1) is 18.6 Å². The van der Waals surface area contributed by atoms with Crippen molar-refractivity contribution in [2.45, 2.75) is 19.4 Å². The van der Waals surface area contributed by atoms with Gasteiger partial charge in [-0.15, -0.1) is 0 Å². The zero-order chi connectivity index (χ0) is 15.5. The van der Waals surface area contributed by atoms with Crippen molar-refractivity contribution in [2.75, 3.05) is 30.5 Å². The Bertz CT molecular complexity index is 599. The molecule has 1 N–H and O–H groups in total. The van der Waals surface area contributed by atoms with Gasteiger partial charge in [0.15, 0.2) is 14.9 Å². The van der Waals surface area contributed by atoms with Gasteiger partial charge >= 0.3 is 0 Å². The van der Waals surface area contributed by atoms with Crippen molar-refractivity contribution in [2.24, 2.45) is 0 Å². The van der Waals surface area contributed by atoms with Gasteiger partial charge in [-0.1, -0.05) is 0 Å². The average Bonchev–Trinajstić information content (AvgIpc) is 2.80. The quantitative estimate of drug-likeness (QED) is 0.852. The van der Waals surface area contributed by atoms with Gasteiger partial charge in [-0.05, 0) is 49.8 Å². The van der Waals surface area contributed by atoms with Crippen LogP contribution in [-0.2, 0) is 9.84 Å². The highest BCUT2D eigenvalue weighted by molar-refractivity contribution is 7.91. The summed E-state index contributed by atoms with van der Waals surface area (Å²) in [6.45, 7) is 2.66. The average molecular weight is 328 g/mol. The summed E-state index contributed by atoms with van der Waals surface area (Å²) in [5, 5.41) is 3.72. The zero-order valence-corrected chi connectivity index (χ0v) is 13.8. The van der Waals surface area contributed by atoms with Crippen LogP contribution in [-0.4, -0.2) is 49.6 Å². The molecule has 0 aromatic heterocycles. The number of nitrogens with one attached hydrogen (secondary N) is 1. The molecule has 7 heteroatoms. The number of anilines is 1. The summed E-state index contributed by atoms with van der Waals surface area (Å²) in [5.41, 5.74) is 0.861. The number of thiocarbonyl (C=S) groups is 1. The number of hydrogen-bond donors (Lipinski definition) is 1. The van der Waals surface area contributed by atoms with E-state index in [9.17, 15) is 8.42 Å². The molecular weight excluding hydrogens is 308 g/mol. The molecule has 0 bridgehead atoms. The van der Waals surface area contributed by atoms with Crippen molar-refractivity contribution < 1.29 is 13.2 Å². The van der Waals surface area contributed by atoms with Crippen molar-refractivity contribution in [1.29, 1.82) is 0 Å². The van der Waals surface area contributed by atoms with E-state index in [1.165, 1.54) is 0 Å². The highest BCUT2D eigenvalue weighted by Crippen LogP contribution is 2.20. The summed E-state index contributed by atoms with van der Waals surface area (Å²) in [6.07, 6.45) is 0.639. The van der Waals surface area contributed by atoms with Gasteiger partial charge in [-0.25, -0.2) is 8.42 Å². The van der Waals surface area contributed by atoms with Gasteiger partial charge in [0, 0.05) is 18.3 Å². The second-order valence-corrected chi connectivity index (χ2v) is 7.62. The van der Waals surface area contributed by atoms with Crippen molar-refractivity contribution >= 4 is 32.9 Å². The predicted octanol–water partition coefficient (Wildman–Crippen LogP) is 1.90. The minimum atomic E-state index is -2.91. The fourth-order valence-electron chi connectivity index (χ4n) is 2.46. The number of benzene rings is 1. The second-order valence-electron chi connectivity index (χ2n) is 5.00. The number of ether oxygens (including phenoxy) is 1. The third-order valence-corrected chi connectivity index (χ3v) is 5.68. The van der Waals surface area contributed by atoms with Crippen molar-refractivity contribution in [3.8, 4) is 5.75 Å². The Labute approximate surface area is 131 Å². The number of rotatable bonds is 4. The molecule has 116 valence electrons. The molecular formula is C14H20N2O3S2. The fourth-order valence-corrected chi connectivity index (χ4v) is 4.59. The topological polar surface area (TPSA) is 58.6 Å². The van der Waals surface area contributed by atoms with E-state index in [1.807, 2.05) is 36.1 Å². The lowest BCUT2D eigenvalue weighted by Crippen LogP contribution is -2.43. The van der Waals surface area contributed by atoms with Crippen molar-refractivity contribution in [3.63, 3.8) is 0 Å². The summed E-state index contributed by atoms with van der Waals surface area (Å²) in [5.74, 6) is 1.21. The number of methoxy groups -OCH3 is 1. The number of sulfone groups is 1. The molecule has 21 heavy (non-hydrogen) atoms. The molecule has 1 atom stereocenters. The van der Waals surface area contributed by atoms with Crippen LogP contribution < -0.4 is 10.1 Å². The molecule has 0 radical (unpaired) electrons. The first-order valence-corrected chi connectivity index (χ1v) is 9.10. The highest BCUT2D eigenvalue weighted by atomic mass is 32.2. The fraction of sp³-hybridized carbons (Fsp3) is 0.500. The Balaban J connectivity index is 2.03. The van der Waals surface area contributed by atoms with Crippen LogP contribution in [0.3, 0.4) is 0 Å². The summed E-state index contributed by atoms with van der Waals surface area (Å²) in [6, 6.07) is 7.43. The molecule has 0 saturated carbocycles. The Kier molecular flexibility index (Phi) is 5.05. The first-order valence-electron chi connectivity index (χ1n) is 6.87. The van der Waals surface area contributed by atoms with Crippen molar-refractivity contribution in [3.05, 3.63) is 24.3 Å². The van der Waals surface area contributed by atoms with Crippen LogP contribution in [0.2, 0.25) is 0 Å². The Morgan fingerprint density at radius 2 is 2.10 bits per heavy atom. The SMILES string of the molecule is CCN(C(=S)Nc1ccc(OC)cc1)[C@H]1CCS(=O)(=O)C1. The van der Waals surface area contributed by atoms with E-state index in [4.69, 9.17) is 17.0 Å². The Hall–Kier alpha value is -1.34. The summed E-state index contributed by atoms with van der Waals surface area (Å²) >= 11 is 5.42. The minimum Gasteiger partial charge on any atom is -0.497 e. The molecule has 0 amide bonds. The molecule has 5 nitrogen and oxygen atoms in total. The maximum Gasteiger partial charge on any atom is 0.173 e. The van der Waals surface area contributed by atoms with Crippen LogP contribution in [0.4, 0.5) is 5.69 Å². The van der Waals surface area contributed by atoms with E-state index in [1.54, 1.807) is 7.11 Å². The molecule has 0 unspecified atom stereocenters. The molecule has 0 spiro atoms. The summed E-state index contributed by atoms with van der Waals surface area (Å²) in [4.78, 5) is 1.95. The smallest absolute Gasteiger partial charge is 0.173 e. The van der Waals surface area contributed by atoms with Gasteiger partial charge < -0.3 is 15.0 Å². The molecule has 1 aromatic carbocycles. The van der Waals surface area contributed by atoms with E-state index in [0.29, 0.717) is 18.1 Å². The van der Waals surface area contributed by atoms with Gasteiger partial charge in [0.1, 0.15) is 5.75 Å². The highest BCUT2D eigenvalue weighted by Gasteiger charge is 2.32. The van der Waals surface area contributed by atoms with Crippen LogP contribution in [0.5, 0.6) is 5.75 Å². The third kappa shape index (κ3) is 4.07. The molecule has 1 fully saturated rings. The van der Waals surface area contributed by atoms with Crippen LogP contribution in [0.25, 0.3) is 0 Å². The minimum absolute atomic E-state index is 0.0294. The second kappa shape index (κ2) is 6.62. The van der Waals surface area contributed by atoms with Gasteiger partial charge in [-0.3, -0.25) is 0 Å². The monoisotopic (exact) mass is 328 g/mol. The first-order chi connectivity index (χ1) is 9.95. The molecule has 1 aliphatic rings. The standard InChI is InChI=1S/C14H20N2O3S2/c1-3-16(12-8-9-21(17,18)10-12)14(20)15-11-4-6-13(19-2)7-5-11/h4-7,12H,3,8-10H2,1-2H3,(H,15,20)/t12-/m0/s1. The van der Waals surface area contributed by atoms with E-state index in [0.717, 1.165) is 11.4 Å². The largest absolute Gasteiger partial charge is 0.497 e. The molecule has 1 aromatic rings. The zero-order valence-electron chi connectivity index (χ0n) is 12.2. The van der Waals surface area contributed by atoms with Gasteiger partial charge in [0.2, 0.25) is 0 Å². The maximum absolute atomic E-state index is 11.6. The molecule has 1 aliphatic heterocycles. The van der Waals surface area contributed by atoms with Crippen molar-refractivity contribution in [1.82, 2.24) is 4.90 Å². The van der Waals surface area contributed by atoms with Gasteiger partial charge in [0.25, 0.3) is 0 Å². The maximum atomic E-state index is 11.6. The molecule has 1 heterocycles. The van der Waals surface area contributed by atoms with E-state index in [2.05, 4.69) is 5.32 Å². The lowest BCUT2D eigenvalue weighted by molar-refractivity contribution is 0.355. The van der Waals surface area contributed by atoms with Crippen LogP contribution in [0, 0.1) is 0 Å².